The SMILES string of the molecule is CCC1CCC(C2CCC2)N1CC. The van der Waals surface area contributed by atoms with Gasteiger partial charge in [0.05, 0.1) is 0 Å². The molecular weight excluding hydrogens is 158 g/mol. The van der Waals surface area contributed by atoms with Gasteiger partial charge in [0.15, 0.2) is 0 Å². The summed E-state index contributed by atoms with van der Waals surface area (Å²) in [5.74, 6) is 1.07. The molecule has 0 bridgehead atoms. The van der Waals surface area contributed by atoms with Gasteiger partial charge in [0, 0.05) is 12.1 Å². The van der Waals surface area contributed by atoms with Gasteiger partial charge in [-0.05, 0) is 44.6 Å². The fourth-order valence-electron chi connectivity index (χ4n) is 3.23. The van der Waals surface area contributed by atoms with Crippen LogP contribution in [0.2, 0.25) is 0 Å². The summed E-state index contributed by atoms with van der Waals surface area (Å²) in [6, 6.07) is 1.87. The molecule has 1 nitrogen and oxygen atoms in total. The summed E-state index contributed by atoms with van der Waals surface area (Å²) in [7, 11) is 0. The molecule has 1 heteroatoms. The lowest BCUT2D eigenvalue weighted by molar-refractivity contribution is 0.107. The predicted octanol–water partition coefficient (Wildman–Crippen LogP) is 3.05. The first-order valence-corrected chi connectivity index (χ1v) is 6.12. The van der Waals surface area contributed by atoms with Gasteiger partial charge in [0.2, 0.25) is 0 Å². The molecule has 0 aromatic carbocycles. The monoisotopic (exact) mass is 181 g/mol. The minimum Gasteiger partial charge on any atom is -0.297 e. The molecule has 76 valence electrons. The molecule has 0 N–H and O–H groups in total. The highest BCUT2D eigenvalue weighted by Crippen LogP contribution is 2.39. The molecular formula is C12H23N. The summed E-state index contributed by atoms with van der Waals surface area (Å²) < 4.78 is 0. The Morgan fingerprint density at radius 1 is 1.08 bits per heavy atom. The van der Waals surface area contributed by atoms with Crippen molar-refractivity contribution in [3.8, 4) is 0 Å². The summed E-state index contributed by atoms with van der Waals surface area (Å²) in [6.07, 6.45) is 8.82. The Morgan fingerprint density at radius 2 is 1.85 bits per heavy atom. The van der Waals surface area contributed by atoms with Crippen LogP contribution in [0.15, 0.2) is 0 Å². The first-order valence-electron chi connectivity index (χ1n) is 6.12. The average molecular weight is 181 g/mol. The number of hydrogen-bond acceptors (Lipinski definition) is 1. The maximum Gasteiger partial charge on any atom is 0.0127 e. The zero-order chi connectivity index (χ0) is 9.26. The predicted molar refractivity (Wildman–Crippen MR) is 56.8 cm³/mol. The van der Waals surface area contributed by atoms with E-state index in [1.54, 1.807) is 0 Å². The highest BCUT2D eigenvalue weighted by atomic mass is 15.2. The van der Waals surface area contributed by atoms with Crippen LogP contribution in [0, 0.1) is 5.92 Å². The standard InChI is InChI=1S/C12H23N/c1-3-11-8-9-12(13(11)4-2)10-6-5-7-10/h10-12H,3-9H2,1-2H3. The van der Waals surface area contributed by atoms with Crippen molar-refractivity contribution in [1.29, 1.82) is 0 Å². The molecule has 2 rings (SSSR count). The van der Waals surface area contributed by atoms with Crippen molar-refractivity contribution in [1.82, 2.24) is 4.90 Å². The topological polar surface area (TPSA) is 3.24 Å². The van der Waals surface area contributed by atoms with Gasteiger partial charge in [-0.1, -0.05) is 20.3 Å². The summed E-state index contributed by atoms with van der Waals surface area (Å²) in [5, 5.41) is 0. The van der Waals surface area contributed by atoms with E-state index < -0.39 is 0 Å². The van der Waals surface area contributed by atoms with E-state index in [4.69, 9.17) is 0 Å². The Bertz CT molecular complexity index is 163. The quantitative estimate of drug-likeness (QED) is 0.647. The van der Waals surface area contributed by atoms with Crippen molar-refractivity contribution >= 4 is 0 Å². The van der Waals surface area contributed by atoms with Crippen LogP contribution in [0.3, 0.4) is 0 Å². The van der Waals surface area contributed by atoms with Gasteiger partial charge in [0.1, 0.15) is 0 Å². The highest BCUT2D eigenvalue weighted by molar-refractivity contribution is 4.92. The summed E-state index contributed by atoms with van der Waals surface area (Å²) in [4.78, 5) is 2.78. The molecule has 1 saturated carbocycles. The number of likely N-dealkylation sites (tertiary alicyclic amines) is 1. The van der Waals surface area contributed by atoms with Crippen LogP contribution in [-0.2, 0) is 0 Å². The van der Waals surface area contributed by atoms with Crippen LogP contribution in [0.4, 0.5) is 0 Å². The van der Waals surface area contributed by atoms with Gasteiger partial charge in [-0.3, -0.25) is 4.90 Å². The van der Waals surface area contributed by atoms with E-state index in [0.717, 1.165) is 18.0 Å². The van der Waals surface area contributed by atoms with Crippen LogP contribution in [0.1, 0.15) is 52.4 Å². The number of hydrogen-bond donors (Lipinski definition) is 0. The molecule has 1 heterocycles. The van der Waals surface area contributed by atoms with Crippen LogP contribution < -0.4 is 0 Å². The lowest BCUT2D eigenvalue weighted by Gasteiger charge is -2.38. The van der Waals surface area contributed by atoms with Crippen molar-refractivity contribution in [3.63, 3.8) is 0 Å². The van der Waals surface area contributed by atoms with E-state index in [-0.39, 0.29) is 0 Å². The van der Waals surface area contributed by atoms with E-state index >= 15 is 0 Å². The normalized spacial score (nSPS) is 36.5. The zero-order valence-electron chi connectivity index (χ0n) is 9.13. The maximum absolute atomic E-state index is 2.78. The molecule has 2 fully saturated rings. The Morgan fingerprint density at radius 3 is 2.31 bits per heavy atom. The lowest BCUT2D eigenvalue weighted by atomic mass is 9.79. The molecule has 2 unspecified atom stereocenters. The van der Waals surface area contributed by atoms with E-state index in [1.807, 2.05) is 0 Å². The number of nitrogens with zero attached hydrogens (tertiary/aromatic N) is 1. The minimum absolute atomic E-state index is 0.913. The third kappa shape index (κ3) is 1.63. The van der Waals surface area contributed by atoms with Crippen LogP contribution in [0.5, 0.6) is 0 Å². The van der Waals surface area contributed by atoms with E-state index in [1.165, 1.54) is 45.1 Å². The number of rotatable bonds is 3. The fraction of sp³-hybridized carbons (Fsp3) is 1.00. The van der Waals surface area contributed by atoms with Gasteiger partial charge in [0.25, 0.3) is 0 Å². The highest BCUT2D eigenvalue weighted by Gasteiger charge is 2.38. The molecule has 2 atom stereocenters. The van der Waals surface area contributed by atoms with Crippen LogP contribution in [-0.4, -0.2) is 23.5 Å². The van der Waals surface area contributed by atoms with Gasteiger partial charge in [-0.25, -0.2) is 0 Å². The second-order valence-electron chi connectivity index (χ2n) is 4.73. The van der Waals surface area contributed by atoms with Crippen molar-refractivity contribution in [2.45, 2.75) is 64.5 Å². The molecule has 1 aliphatic heterocycles. The summed E-state index contributed by atoms with van der Waals surface area (Å²) in [6.45, 7) is 5.95. The zero-order valence-corrected chi connectivity index (χ0v) is 9.13. The molecule has 0 spiro atoms. The Balaban J connectivity index is 1.95. The largest absolute Gasteiger partial charge is 0.297 e. The average Bonchev–Trinajstić information content (AvgIpc) is 2.44. The smallest absolute Gasteiger partial charge is 0.0127 e. The molecule has 0 radical (unpaired) electrons. The van der Waals surface area contributed by atoms with Crippen molar-refractivity contribution in [2.75, 3.05) is 6.54 Å². The first-order chi connectivity index (χ1) is 6.36. The van der Waals surface area contributed by atoms with Crippen molar-refractivity contribution in [2.24, 2.45) is 5.92 Å². The summed E-state index contributed by atoms with van der Waals surface area (Å²) in [5.41, 5.74) is 0. The maximum atomic E-state index is 2.78. The molecule has 0 aromatic rings. The third-order valence-electron chi connectivity index (χ3n) is 4.22. The fourth-order valence-corrected chi connectivity index (χ4v) is 3.23. The van der Waals surface area contributed by atoms with Crippen molar-refractivity contribution < 1.29 is 0 Å². The minimum atomic E-state index is 0.913. The van der Waals surface area contributed by atoms with Gasteiger partial charge in [-0.15, -0.1) is 0 Å². The van der Waals surface area contributed by atoms with E-state index in [9.17, 15) is 0 Å². The molecule has 0 aromatic heterocycles. The van der Waals surface area contributed by atoms with E-state index in [2.05, 4.69) is 18.7 Å². The second kappa shape index (κ2) is 4.00. The third-order valence-corrected chi connectivity index (χ3v) is 4.22. The van der Waals surface area contributed by atoms with E-state index in [0.29, 0.717) is 0 Å². The molecule has 0 amide bonds. The lowest BCUT2D eigenvalue weighted by Crippen LogP contribution is -2.42. The van der Waals surface area contributed by atoms with Gasteiger partial charge >= 0.3 is 0 Å². The summed E-state index contributed by atoms with van der Waals surface area (Å²) >= 11 is 0. The van der Waals surface area contributed by atoms with Gasteiger partial charge < -0.3 is 0 Å². The molecule has 1 aliphatic carbocycles. The Hall–Kier alpha value is -0.0400. The van der Waals surface area contributed by atoms with Gasteiger partial charge in [-0.2, -0.15) is 0 Å². The Labute approximate surface area is 82.5 Å². The molecule has 13 heavy (non-hydrogen) atoms. The Kier molecular flexibility index (Phi) is 2.92. The van der Waals surface area contributed by atoms with Crippen LogP contribution >= 0.6 is 0 Å². The first kappa shape index (κ1) is 9.51. The molecule has 2 aliphatic rings. The molecule has 1 saturated heterocycles. The second-order valence-corrected chi connectivity index (χ2v) is 4.73. The van der Waals surface area contributed by atoms with Crippen LogP contribution in [0.25, 0.3) is 0 Å². The van der Waals surface area contributed by atoms with Crippen molar-refractivity contribution in [3.05, 3.63) is 0 Å².